The molecular formula is C8H15N3OS. The molecule has 1 aromatic heterocycles. The first-order chi connectivity index (χ1) is 6.25. The van der Waals surface area contributed by atoms with Crippen molar-refractivity contribution in [1.82, 2.24) is 9.36 Å². The lowest BCUT2D eigenvalue weighted by Gasteiger charge is -2.25. The minimum absolute atomic E-state index is 0.224. The highest BCUT2D eigenvalue weighted by atomic mass is 32.1. The summed E-state index contributed by atoms with van der Waals surface area (Å²) in [6.45, 7) is 5.28. The van der Waals surface area contributed by atoms with Gasteiger partial charge in [0, 0.05) is 30.7 Å². The van der Waals surface area contributed by atoms with E-state index in [9.17, 15) is 0 Å². The molecule has 1 rings (SSSR count). The Morgan fingerprint density at radius 1 is 1.62 bits per heavy atom. The van der Waals surface area contributed by atoms with E-state index in [4.69, 9.17) is 5.11 Å². The Morgan fingerprint density at radius 3 is 2.85 bits per heavy atom. The van der Waals surface area contributed by atoms with E-state index in [-0.39, 0.29) is 6.61 Å². The summed E-state index contributed by atoms with van der Waals surface area (Å²) in [5, 5.41) is 9.67. The van der Waals surface area contributed by atoms with Crippen LogP contribution in [0.4, 0.5) is 5.13 Å². The molecule has 0 saturated carbocycles. The van der Waals surface area contributed by atoms with Crippen molar-refractivity contribution in [2.75, 3.05) is 18.1 Å². The number of aliphatic hydroxyl groups excluding tert-OH is 1. The quantitative estimate of drug-likeness (QED) is 0.776. The Labute approximate surface area is 82.4 Å². The maximum Gasteiger partial charge on any atom is 0.205 e. The van der Waals surface area contributed by atoms with E-state index in [1.807, 2.05) is 0 Å². The molecule has 0 aliphatic carbocycles. The molecular weight excluding hydrogens is 186 g/mol. The molecule has 4 nitrogen and oxygen atoms in total. The van der Waals surface area contributed by atoms with Crippen molar-refractivity contribution in [3.63, 3.8) is 0 Å². The Kier molecular flexibility index (Phi) is 4.11. The van der Waals surface area contributed by atoms with Gasteiger partial charge in [0.05, 0.1) is 0 Å². The van der Waals surface area contributed by atoms with Gasteiger partial charge in [0.25, 0.3) is 0 Å². The average Bonchev–Trinajstić information content (AvgIpc) is 2.57. The largest absolute Gasteiger partial charge is 0.396 e. The van der Waals surface area contributed by atoms with E-state index in [1.54, 1.807) is 6.33 Å². The smallest absolute Gasteiger partial charge is 0.205 e. The molecule has 0 radical (unpaired) electrons. The van der Waals surface area contributed by atoms with Crippen molar-refractivity contribution in [2.45, 2.75) is 26.3 Å². The van der Waals surface area contributed by atoms with E-state index >= 15 is 0 Å². The lowest BCUT2D eigenvalue weighted by atomic mass is 10.3. The number of anilines is 1. The molecule has 0 atom stereocenters. The number of hydrogen-bond donors (Lipinski definition) is 1. The van der Waals surface area contributed by atoms with Gasteiger partial charge in [-0.25, -0.2) is 4.98 Å². The number of aliphatic hydroxyl groups is 1. The maximum absolute atomic E-state index is 8.74. The molecule has 0 bridgehead atoms. The molecule has 0 amide bonds. The summed E-state index contributed by atoms with van der Waals surface area (Å²) in [4.78, 5) is 6.29. The lowest BCUT2D eigenvalue weighted by Crippen LogP contribution is -2.32. The molecule has 0 saturated heterocycles. The summed E-state index contributed by atoms with van der Waals surface area (Å²) < 4.78 is 3.96. The predicted octanol–water partition coefficient (Wildman–Crippen LogP) is 1.14. The summed E-state index contributed by atoms with van der Waals surface area (Å²) >= 11 is 1.39. The maximum atomic E-state index is 8.74. The van der Waals surface area contributed by atoms with Crippen LogP contribution >= 0.6 is 11.5 Å². The monoisotopic (exact) mass is 201 g/mol. The topological polar surface area (TPSA) is 49.2 Å². The van der Waals surface area contributed by atoms with Crippen LogP contribution in [0.1, 0.15) is 20.3 Å². The molecule has 74 valence electrons. The van der Waals surface area contributed by atoms with Gasteiger partial charge in [-0.15, -0.1) is 0 Å². The second-order valence-corrected chi connectivity index (χ2v) is 3.85. The first-order valence-corrected chi connectivity index (χ1v) is 5.17. The van der Waals surface area contributed by atoms with Crippen LogP contribution in [0.3, 0.4) is 0 Å². The summed E-state index contributed by atoms with van der Waals surface area (Å²) in [6, 6.07) is 0.402. The van der Waals surface area contributed by atoms with Crippen LogP contribution < -0.4 is 4.90 Å². The summed E-state index contributed by atoms with van der Waals surface area (Å²) in [5.41, 5.74) is 0. The summed E-state index contributed by atoms with van der Waals surface area (Å²) in [5.74, 6) is 0. The van der Waals surface area contributed by atoms with Crippen molar-refractivity contribution in [3.8, 4) is 0 Å². The minimum Gasteiger partial charge on any atom is -0.396 e. The molecule has 1 aromatic rings. The highest BCUT2D eigenvalue weighted by molar-refractivity contribution is 7.09. The molecule has 0 aliphatic rings. The third-order valence-electron chi connectivity index (χ3n) is 1.78. The van der Waals surface area contributed by atoms with Crippen LogP contribution in [0.2, 0.25) is 0 Å². The molecule has 0 aromatic carbocycles. The zero-order chi connectivity index (χ0) is 9.68. The first-order valence-electron chi connectivity index (χ1n) is 4.40. The zero-order valence-electron chi connectivity index (χ0n) is 7.97. The molecule has 0 unspecified atom stereocenters. The van der Waals surface area contributed by atoms with E-state index in [0.29, 0.717) is 6.04 Å². The van der Waals surface area contributed by atoms with Crippen LogP contribution in [-0.2, 0) is 0 Å². The zero-order valence-corrected chi connectivity index (χ0v) is 8.79. The standard InChI is InChI=1S/C8H15N3OS/c1-7(2)11(4-3-5-12)8-9-6-10-13-8/h6-7,12H,3-5H2,1-2H3. The van der Waals surface area contributed by atoms with Crippen molar-refractivity contribution in [1.29, 1.82) is 0 Å². The number of rotatable bonds is 5. The Morgan fingerprint density at radius 2 is 2.38 bits per heavy atom. The summed E-state index contributed by atoms with van der Waals surface area (Å²) in [7, 11) is 0. The van der Waals surface area contributed by atoms with E-state index < -0.39 is 0 Å². The average molecular weight is 201 g/mol. The van der Waals surface area contributed by atoms with Gasteiger partial charge >= 0.3 is 0 Å². The van der Waals surface area contributed by atoms with E-state index in [2.05, 4.69) is 28.1 Å². The Bertz CT molecular complexity index is 225. The van der Waals surface area contributed by atoms with Gasteiger partial charge < -0.3 is 10.0 Å². The first kappa shape index (κ1) is 10.4. The molecule has 13 heavy (non-hydrogen) atoms. The fourth-order valence-corrected chi connectivity index (χ4v) is 1.80. The van der Waals surface area contributed by atoms with Crippen LogP contribution in [0.15, 0.2) is 6.33 Å². The third-order valence-corrected chi connectivity index (χ3v) is 2.48. The fraction of sp³-hybridized carbons (Fsp3) is 0.750. The molecule has 0 spiro atoms. The molecule has 0 aliphatic heterocycles. The Balaban J connectivity index is 2.58. The number of hydrogen-bond acceptors (Lipinski definition) is 5. The van der Waals surface area contributed by atoms with Crippen molar-refractivity contribution >= 4 is 16.7 Å². The van der Waals surface area contributed by atoms with Gasteiger partial charge in [-0.05, 0) is 20.3 Å². The van der Waals surface area contributed by atoms with Gasteiger partial charge in [0.15, 0.2) is 0 Å². The predicted molar refractivity (Wildman–Crippen MR) is 54.1 cm³/mol. The van der Waals surface area contributed by atoms with Crippen molar-refractivity contribution < 1.29 is 5.11 Å². The van der Waals surface area contributed by atoms with Gasteiger partial charge in [-0.3, -0.25) is 0 Å². The van der Waals surface area contributed by atoms with Crippen LogP contribution in [0.5, 0.6) is 0 Å². The van der Waals surface area contributed by atoms with Gasteiger partial charge in [0.2, 0.25) is 5.13 Å². The second-order valence-electron chi connectivity index (χ2n) is 3.09. The Hall–Kier alpha value is -0.680. The van der Waals surface area contributed by atoms with E-state index in [1.165, 1.54) is 11.5 Å². The highest BCUT2D eigenvalue weighted by Gasteiger charge is 2.12. The van der Waals surface area contributed by atoms with Crippen molar-refractivity contribution in [2.24, 2.45) is 0 Å². The number of nitrogens with zero attached hydrogens (tertiary/aromatic N) is 3. The van der Waals surface area contributed by atoms with Crippen LogP contribution in [0.25, 0.3) is 0 Å². The third kappa shape index (κ3) is 2.93. The van der Waals surface area contributed by atoms with Crippen molar-refractivity contribution in [3.05, 3.63) is 6.33 Å². The lowest BCUT2D eigenvalue weighted by molar-refractivity contribution is 0.288. The number of aromatic nitrogens is 2. The van der Waals surface area contributed by atoms with Crippen LogP contribution in [0, 0.1) is 0 Å². The van der Waals surface area contributed by atoms with Gasteiger partial charge in [-0.1, -0.05) is 0 Å². The minimum atomic E-state index is 0.224. The van der Waals surface area contributed by atoms with Crippen LogP contribution in [-0.4, -0.2) is 33.7 Å². The van der Waals surface area contributed by atoms with E-state index in [0.717, 1.165) is 18.1 Å². The van der Waals surface area contributed by atoms with Gasteiger partial charge in [0.1, 0.15) is 6.33 Å². The normalized spacial score (nSPS) is 10.8. The second kappa shape index (κ2) is 5.14. The summed E-state index contributed by atoms with van der Waals surface area (Å²) in [6.07, 6.45) is 2.34. The molecule has 5 heteroatoms. The molecule has 0 fully saturated rings. The SMILES string of the molecule is CC(C)N(CCCO)c1ncns1. The highest BCUT2D eigenvalue weighted by Crippen LogP contribution is 2.17. The molecule has 1 N–H and O–H groups in total. The van der Waals surface area contributed by atoms with Gasteiger partial charge in [-0.2, -0.15) is 4.37 Å². The fourth-order valence-electron chi connectivity index (χ4n) is 1.11. The molecule has 1 heterocycles.